The van der Waals surface area contributed by atoms with E-state index in [0.29, 0.717) is 45.0 Å². The van der Waals surface area contributed by atoms with E-state index in [2.05, 4.69) is 62.0 Å². The lowest BCUT2D eigenvalue weighted by molar-refractivity contribution is -0.137. The number of aromatic nitrogens is 4. The van der Waals surface area contributed by atoms with Crippen molar-refractivity contribution in [3.63, 3.8) is 0 Å². The van der Waals surface area contributed by atoms with E-state index in [0.717, 1.165) is 58.7 Å². The van der Waals surface area contributed by atoms with Crippen LogP contribution >= 0.6 is 0 Å². The SMILES string of the molecule is CCCN(Cc1ncc(-c2ccc(-c3ccc(-c4cnc([C@@H]5CCCN5C(=O)[C@@H](NC(=O)OC)C5CCOCC5)[nH]4)cc3)cc2)[nH]1)C(=O)[C@@H](NC(=O)OC)C(C)C. The van der Waals surface area contributed by atoms with Crippen molar-refractivity contribution in [1.29, 1.82) is 0 Å². The van der Waals surface area contributed by atoms with Gasteiger partial charge in [-0.05, 0) is 66.2 Å². The quantitative estimate of drug-likeness (QED) is 0.118. The predicted octanol–water partition coefficient (Wildman–Crippen LogP) is 6.07. The van der Waals surface area contributed by atoms with Gasteiger partial charge in [-0.2, -0.15) is 0 Å². The molecule has 2 fully saturated rings. The maximum absolute atomic E-state index is 13.9. The van der Waals surface area contributed by atoms with Crippen molar-refractivity contribution in [2.24, 2.45) is 11.8 Å². The predicted molar refractivity (Wildman–Crippen MR) is 213 cm³/mol. The van der Waals surface area contributed by atoms with Gasteiger partial charge in [0.25, 0.3) is 0 Å². The van der Waals surface area contributed by atoms with Crippen LogP contribution in [-0.4, -0.2) is 106 Å². The van der Waals surface area contributed by atoms with Crippen LogP contribution < -0.4 is 10.6 Å². The maximum Gasteiger partial charge on any atom is 0.407 e. The van der Waals surface area contributed by atoms with Gasteiger partial charge in [0.05, 0.1) is 50.6 Å². The van der Waals surface area contributed by atoms with Gasteiger partial charge in [-0.25, -0.2) is 19.6 Å². The lowest BCUT2D eigenvalue weighted by Gasteiger charge is -2.34. The average Bonchev–Trinajstić information content (AvgIpc) is 4.03. The third-order valence-electron chi connectivity index (χ3n) is 10.8. The lowest BCUT2D eigenvalue weighted by Crippen LogP contribution is -2.53. The van der Waals surface area contributed by atoms with Gasteiger partial charge in [-0.15, -0.1) is 0 Å². The number of imidazole rings is 2. The van der Waals surface area contributed by atoms with Crippen LogP contribution in [0.3, 0.4) is 0 Å². The van der Waals surface area contributed by atoms with Crippen LogP contribution in [0, 0.1) is 11.8 Å². The number of hydrogen-bond donors (Lipinski definition) is 4. The minimum absolute atomic E-state index is 0.0278. The summed E-state index contributed by atoms with van der Waals surface area (Å²) in [4.78, 5) is 71.2. The van der Waals surface area contributed by atoms with E-state index in [1.165, 1.54) is 14.2 Å². The first kappa shape index (κ1) is 40.9. The first-order valence-electron chi connectivity index (χ1n) is 19.8. The summed E-state index contributed by atoms with van der Waals surface area (Å²) in [5.41, 5.74) is 5.72. The number of amides is 4. The number of carbonyl (C=O) groups is 4. The number of hydrogen-bond acceptors (Lipinski definition) is 9. The summed E-state index contributed by atoms with van der Waals surface area (Å²) in [5, 5.41) is 5.48. The molecule has 0 unspecified atom stereocenters. The molecule has 2 aromatic carbocycles. The Morgan fingerprint density at radius 3 is 2.02 bits per heavy atom. The number of H-pyrrole nitrogens is 2. The fourth-order valence-electron chi connectivity index (χ4n) is 7.65. The zero-order valence-electron chi connectivity index (χ0n) is 33.4. The Labute approximate surface area is 333 Å². The summed E-state index contributed by atoms with van der Waals surface area (Å²) in [6.45, 7) is 8.28. The van der Waals surface area contributed by atoms with Gasteiger partial charge in [0.1, 0.15) is 23.7 Å². The molecule has 6 rings (SSSR count). The van der Waals surface area contributed by atoms with E-state index < -0.39 is 24.3 Å². The molecule has 304 valence electrons. The van der Waals surface area contributed by atoms with Gasteiger partial charge in [-0.3, -0.25) is 9.59 Å². The normalized spacial score (nSPS) is 16.9. The van der Waals surface area contributed by atoms with E-state index in [4.69, 9.17) is 19.2 Å². The molecule has 4 N–H and O–H groups in total. The second kappa shape index (κ2) is 19.0. The summed E-state index contributed by atoms with van der Waals surface area (Å²) < 4.78 is 15.1. The number of nitrogens with zero attached hydrogens (tertiary/aromatic N) is 4. The summed E-state index contributed by atoms with van der Waals surface area (Å²) in [6.07, 6.45) is 6.08. The molecule has 0 aliphatic carbocycles. The van der Waals surface area contributed by atoms with Gasteiger partial charge < -0.3 is 44.6 Å². The molecule has 15 heteroatoms. The van der Waals surface area contributed by atoms with Crippen LogP contribution in [0.4, 0.5) is 9.59 Å². The van der Waals surface area contributed by atoms with Crippen LogP contribution in [0.2, 0.25) is 0 Å². The molecule has 0 bridgehead atoms. The van der Waals surface area contributed by atoms with E-state index in [1.807, 2.05) is 37.8 Å². The number of rotatable bonds is 14. The van der Waals surface area contributed by atoms with Gasteiger partial charge in [0.2, 0.25) is 11.8 Å². The number of carbonyl (C=O) groups excluding carboxylic acids is 4. The number of likely N-dealkylation sites (tertiary alicyclic amines) is 1. The van der Waals surface area contributed by atoms with E-state index in [1.54, 1.807) is 17.3 Å². The lowest BCUT2D eigenvalue weighted by atomic mass is 9.90. The van der Waals surface area contributed by atoms with Crippen molar-refractivity contribution < 1.29 is 33.4 Å². The van der Waals surface area contributed by atoms with Crippen molar-refractivity contribution in [3.05, 3.63) is 72.6 Å². The fraction of sp³-hybridized carbons (Fsp3) is 0.476. The molecule has 2 aliphatic rings. The Hall–Kier alpha value is -5.70. The second-order valence-electron chi connectivity index (χ2n) is 15.0. The first-order valence-corrected chi connectivity index (χ1v) is 19.8. The maximum atomic E-state index is 13.9. The highest BCUT2D eigenvalue weighted by molar-refractivity contribution is 5.87. The first-order chi connectivity index (χ1) is 27.6. The Balaban J connectivity index is 1.09. The monoisotopic (exact) mass is 782 g/mol. The Morgan fingerprint density at radius 2 is 1.42 bits per heavy atom. The van der Waals surface area contributed by atoms with Gasteiger partial charge >= 0.3 is 12.2 Å². The largest absolute Gasteiger partial charge is 0.453 e. The zero-order valence-corrected chi connectivity index (χ0v) is 33.4. The molecule has 15 nitrogen and oxygen atoms in total. The summed E-state index contributed by atoms with van der Waals surface area (Å²) in [6, 6.07) is 14.8. The van der Waals surface area contributed by atoms with Crippen LogP contribution in [-0.2, 0) is 30.3 Å². The molecular weight excluding hydrogens is 729 g/mol. The Bertz CT molecular complexity index is 1970. The molecule has 0 saturated carbocycles. The molecule has 0 radical (unpaired) electrons. The van der Waals surface area contributed by atoms with Crippen molar-refractivity contribution in [2.45, 2.75) is 77.5 Å². The summed E-state index contributed by atoms with van der Waals surface area (Å²) in [5.74, 6) is 0.922. The highest BCUT2D eigenvalue weighted by Gasteiger charge is 2.40. The Kier molecular flexibility index (Phi) is 13.6. The van der Waals surface area contributed by atoms with Gasteiger partial charge in [0, 0.05) is 26.3 Å². The summed E-state index contributed by atoms with van der Waals surface area (Å²) >= 11 is 0. The number of nitrogens with one attached hydrogen (secondary N) is 4. The van der Waals surface area contributed by atoms with Gasteiger partial charge in [0.15, 0.2) is 0 Å². The zero-order chi connectivity index (χ0) is 40.5. The number of benzene rings is 2. The molecule has 3 atom stereocenters. The topological polar surface area (TPSA) is 184 Å². The van der Waals surface area contributed by atoms with E-state index in [9.17, 15) is 19.2 Å². The number of aromatic amines is 2. The number of alkyl carbamates (subject to hydrolysis) is 2. The molecule has 2 aliphatic heterocycles. The van der Waals surface area contributed by atoms with Crippen molar-refractivity contribution in [1.82, 2.24) is 40.4 Å². The molecular formula is C42H54N8O7. The van der Waals surface area contributed by atoms with Crippen molar-refractivity contribution in [2.75, 3.05) is 40.5 Å². The minimum atomic E-state index is -0.711. The summed E-state index contributed by atoms with van der Waals surface area (Å²) in [7, 11) is 2.58. The Morgan fingerprint density at radius 1 is 0.842 bits per heavy atom. The van der Waals surface area contributed by atoms with Crippen LogP contribution in [0.25, 0.3) is 33.6 Å². The fourth-order valence-corrected chi connectivity index (χ4v) is 7.65. The molecule has 57 heavy (non-hydrogen) atoms. The third-order valence-corrected chi connectivity index (χ3v) is 10.8. The minimum Gasteiger partial charge on any atom is -0.453 e. The van der Waals surface area contributed by atoms with E-state index >= 15 is 0 Å². The van der Waals surface area contributed by atoms with E-state index in [-0.39, 0.29) is 36.2 Å². The highest BCUT2D eigenvalue weighted by atomic mass is 16.5. The van der Waals surface area contributed by atoms with Crippen molar-refractivity contribution >= 4 is 24.0 Å². The molecule has 0 spiro atoms. The molecule has 2 aromatic heterocycles. The third kappa shape index (κ3) is 9.82. The average molecular weight is 783 g/mol. The standard InChI is InChI=1S/C42H54N8O7/c1-6-19-49(39(51)36(26(2)3)47-41(53)55-4)25-35-43-23-32(45-35)29-13-9-27(10-14-29)28-11-15-30(16-12-28)33-24-44-38(46-33)34-8-7-20-50(34)40(52)37(48-42(54)56-5)31-17-21-57-22-18-31/h9-16,23-24,26,31,34,36-37H,6-8,17-22,25H2,1-5H3,(H,43,45)(H,44,46)(H,47,53)(H,48,54)/t34-,36-,37-/m0/s1. The molecule has 4 amide bonds. The van der Waals surface area contributed by atoms with Crippen LogP contribution in [0.15, 0.2) is 60.9 Å². The highest BCUT2D eigenvalue weighted by Crippen LogP contribution is 2.34. The number of methoxy groups -OCH3 is 2. The van der Waals surface area contributed by atoms with Gasteiger partial charge in [-0.1, -0.05) is 69.3 Å². The smallest absolute Gasteiger partial charge is 0.407 e. The van der Waals surface area contributed by atoms with Crippen molar-refractivity contribution in [3.8, 4) is 33.6 Å². The van der Waals surface area contributed by atoms with Crippen LogP contribution in [0.1, 0.15) is 70.6 Å². The second-order valence-corrected chi connectivity index (χ2v) is 15.0. The number of ether oxygens (including phenoxy) is 3. The van der Waals surface area contributed by atoms with Crippen LogP contribution in [0.5, 0.6) is 0 Å². The molecule has 2 saturated heterocycles. The molecule has 4 aromatic rings. The molecule has 4 heterocycles.